The van der Waals surface area contributed by atoms with E-state index in [-0.39, 0.29) is 10.6 Å². The smallest absolute Gasteiger partial charge is 0.337 e. The summed E-state index contributed by atoms with van der Waals surface area (Å²) in [5, 5.41) is 14.7. The fourth-order valence-corrected chi connectivity index (χ4v) is 2.05. The van der Waals surface area contributed by atoms with Crippen molar-refractivity contribution in [1.29, 1.82) is 0 Å². The number of aromatic nitrogens is 2. The number of hydrogen-bond acceptors (Lipinski definition) is 5. The first kappa shape index (κ1) is 11.8. The lowest BCUT2D eigenvalue weighted by atomic mass is 10.2. The lowest BCUT2D eigenvalue weighted by Crippen LogP contribution is -2.05. The van der Waals surface area contributed by atoms with E-state index in [1.807, 2.05) is 5.38 Å². The molecule has 2 heterocycles. The van der Waals surface area contributed by atoms with Crippen LogP contribution in [0.15, 0.2) is 23.8 Å². The summed E-state index contributed by atoms with van der Waals surface area (Å²) in [5.74, 6) is -0.725. The third kappa shape index (κ3) is 2.72. The predicted molar refractivity (Wildman–Crippen MR) is 65.6 cm³/mol. The van der Waals surface area contributed by atoms with Crippen molar-refractivity contribution in [3.05, 3.63) is 39.4 Å². The first-order valence-electron chi connectivity index (χ1n) is 4.68. The number of carboxylic acid groups (broad SMARTS) is 1. The molecule has 5 nitrogen and oxygen atoms in total. The van der Waals surface area contributed by atoms with Crippen LogP contribution in [-0.2, 0) is 6.54 Å². The van der Waals surface area contributed by atoms with Crippen LogP contribution in [0.4, 0.5) is 5.82 Å². The van der Waals surface area contributed by atoms with Gasteiger partial charge in [0, 0.05) is 17.8 Å². The van der Waals surface area contributed by atoms with Gasteiger partial charge in [0.1, 0.15) is 10.8 Å². The number of pyridine rings is 1. The summed E-state index contributed by atoms with van der Waals surface area (Å²) in [6.45, 7) is 0.466. The van der Waals surface area contributed by atoms with Crippen LogP contribution in [0.25, 0.3) is 0 Å². The Labute approximate surface area is 106 Å². The first-order chi connectivity index (χ1) is 8.18. The maximum Gasteiger partial charge on any atom is 0.337 e. The maximum absolute atomic E-state index is 10.9. The van der Waals surface area contributed by atoms with E-state index in [1.165, 1.54) is 23.6 Å². The molecule has 0 bridgehead atoms. The highest BCUT2D eigenvalue weighted by Gasteiger charge is 2.13. The highest BCUT2D eigenvalue weighted by Crippen LogP contribution is 2.24. The molecule has 0 atom stereocenters. The van der Waals surface area contributed by atoms with Gasteiger partial charge < -0.3 is 10.4 Å². The van der Waals surface area contributed by atoms with E-state index in [0.29, 0.717) is 12.4 Å². The van der Waals surface area contributed by atoms with Gasteiger partial charge in [0.2, 0.25) is 0 Å². The van der Waals surface area contributed by atoms with Gasteiger partial charge in [0.15, 0.2) is 0 Å². The number of aromatic carboxylic acids is 1. The predicted octanol–water partition coefficient (Wildman–Crippen LogP) is 2.50. The second-order valence-electron chi connectivity index (χ2n) is 3.11. The summed E-state index contributed by atoms with van der Waals surface area (Å²) in [6.07, 6.45) is 3.10. The Morgan fingerprint density at radius 1 is 1.47 bits per heavy atom. The maximum atomic E-state index is 10.9. The van der Waals surface area contributed by atoms with Crippen molar-refractivity contribution in [2.75, 3.05) is 5.32 Å². The fourth-order valence-electron chi connectivity index (χ4n) is 1.23. The SMILES string of the molecule is O=C(O)c1ccnc(NCc2nccs2)c1Cl. The van der Waals surface area contributed by atoms with E-state index >= 15 is 0 Å². The van der Waals surface area contributed by atoms with Crippen LogP contribution in [-0.4, -0.2) is 21.0 Å². The molecular weight excluding hydrogens is 262 g/mol. The minimum absolute atomic E-state index is 0.0308. The van der Waals surface area contributed by atoms with Crippen molar-refractivity contribution in [2.24, 2.45) is 0 Å². The number of thiazole rings is 1. The van der Waals surface area contributed by atoms with E-state index < -0.39 is 5.97 Å². The van der Waals surface area contributed by atoms with Crippen LogP contribution in [0.5, 0.6) is 0 Å². The normalized spacial score (nSPS) is 10.2. The number of rotatable bonds is 4. The van der Waals surface area contributed by atoms with Crippen LogP contribution < -0.4 is 5.32 Å². The third-order valence-electron chi connectivity index (χ3n) is 2.01. The van der Waals surface area contributed by atoms with Crippen molar-refractivity contribution >= 4 is 34.7 Å². The van der Waals surface area contributed by atoms with Gasteiger partial charge in [-0.2, -0.15) is 0 Å². The van der Waals surface area contributed by atoms with Crippen molar-refractivity contribution in [1.82, 2.24) is 9.97 Å². The Morgan fingerprint density at radius 3 is 2.94 bits per heavy atom. The zero-order chi connectivity index (χ0) is 12.3. The van der Waals surface area contributed by atoms with E-state index in [9.17, 15) is 4.79 Å². The zero-order valence-electron chi connectivity index (χ0n) is 8.55. The first-order valence-corrected chi connectivity index (χ1v) is 5.94. The summed E-state index contributed by atoms with van der Waals surface area (Å²) in [4.78, 5) is 18.9. The lowest BCUT2D eigenvalue weighted by Gasteiger charge is -2.07. The molecule has 2 aromatic rings. The molecule has 88 valence electrons. The Kier molecular flexibility index (Phi) is 3.55. The molecule has 0 spiro atoms. The molecule has 2 N–H and O–H groups in total. The van der Waals surface area contributed by atoms with Gasteiger partial charge in [0.25, 0.3) is 0 Å². The van der Waals surface area contributed by atoms with Crippen LogP contribution in [0.3, 0.4) is 0 Å². The Hall–Kier alpha value is -1.66. The number of hydrogen-bond donors (Lipinski definition) is 2. The van der Waals surface area contributed by atoms with Crippen molar-refractivity contribution in [2.45, 2.75) is 6.54 Å². The number of nitrogens with zero attached hydrogens (tertiary/aromatic N) is 2. The molecule has 0 fully saturated rings. The van der Waals surface area contributed by atoms with E-state index in [2.05, 4.69) is 15.3 Å². The zero-order valence-corrected chi connectivity index (χ0v) is 10.1. The molecule has 0 saturated carbocycles. The standard InChI is InChI=1S/C10H8ClN3O2S/c11-8-6(10(15)16)1-2-13-9(8)14-5-7-12-3-4-17-7/h1-4H,5H2,(H,13,14)(H,15,16). The molecule has 0 saturated heterocycles. The average molecular weight is 270 g/mol. The molecule has 0 aromatic carbocycles. The molecule has 2 aromatic heterocycles. The van der Waals surface area contributed by atoms with Gasteiger partial charge in [-0.3, -0.25) is 0 Å². The number of carboxylic acids is 1. The van der Waals surface area contributed by atoms with Gasteiger partial charge in [-0.05, 0) is 6.07 Å². The van der Waals surface area contributed by atoms with Gasteiger partial charge in [-0.1, -0.05) is 11.6 Å². The Bertz CT molecular complexity index is 530. The minimum Gasteiger partial charge on any atom is -0.478 e. The Balaban J connectivity index is 2.16. The van der Waals surface area contributed by atoms with Crippen LogP contribution in [0.2, 0.25) is 5.02 Å². The quantitative estimate of drug-likeness (QED) is 0.892. The topological polar surface area (TPSA) is 75.1 Å². The van der Waals surface area contributed by atoms with Crippen LogP contribution in [0, 0.1) is 0 Å². The number of nitrogens with one attached hydrogen (secondary N) is 1. The highest BCUT2D eigenvalue weighted by molar-refractivity contribution is 7.09. The molecule has 0 amide bonds. The molecule has 0 aliphatic heterocycles. The molecule has 0 aliphatic carbocycles. The van der Waals surface area contributed by atoms with E-state index in [1.54, 1.807) is 6.20 Å². The molecule has 0 unspecified atom stereocenters. The largest absolute Gasteiger partial charge is 0.478 e. The van der Waals surface area contributed by atoms with Gasteiger partial charge in [0.05, 0.1) is 17.1 Å². The second kappa shape index (κ2) is 5.11. The summed E-state index contributed by atoms with van der Waals surface area (Å²) < 4.78 is 0. The van der Waals surface area contributed by atoms with Crippen molar-refractivity contribution < 1.29 is 9.90 Å². The monoisotopic (exact) mass is 269 g/mol. The molecule has 0 aliphatic rings. The van der Waals surface area contributed by atoms with Crippen molar-refractivity contribution in [3.8, 4) is 0 Å². The molecular formula is C10H8ClN3O2S. The van der Waals surface area contributed by atoms with Gasteiger partial charge in [-0.15, -0.1) is 11.3 Å². The number of anilines is 1. The molecule has 2 rings (SSSR count). The average Bonchev–Trinajstić information content (AvgIpc) is 2.80. The van der Waals surface area contributed by atoms with Crippen LogP contribution in [0.1, 0.15) is 15.4 Å². The summed E-state index contributed by atoms with van der Waals surface area (Å²) in [6, 6.07) is 1.36. The number of carbonyl (C=O) groups is 1. The fraction of sp³-hybridized carbons (Fsp3) is 0.100. The van der Waals surface area contributed by atoms with E-state index in [4.69, 9.17) is 16.7 Å². The summed E-state index contributed by atoms with van der Waals surface area (Å²) in [7, 11) is 0. The summed E-state index contributed by atoms with van der Waals surface area (Å²) in [5.41, 5.74) is 0.0308. The van der Waals surface area contributed by atoms with Crippen LogP contribution >= 0.6 is 22.9 Å². The highest BCUT2D eigenvalue weighted by atomic mass is 35.5. The molecule has 0 radical (unpaired) electrons. The minimum atomic E-state index is -1.07. The van der Waals surface area contributed by atoms with E-state index in [0.717, 1.165) is 5.01 Å². The number of halogens is 1. The molecule has 17 heavy (non-hydrogen) atoms. The van der Waals surface area contributed by atoms with Gasteiger partial charge >= 0.3 is 5.97 Å². The lowest BCUT2D eigenvalue weighted by molar-refractivity contribution is 0.0697. The Morgan fingerprint density at radius 2 is 2.29 bits per heavy atom. The summed E-state index contributed by atoms with van der Waals surface area (Å²) >= 11 is 7.42. The second-order valence-corrected chi connectivity index (χ2v) is 4.46. The van der Waals surface area contributed by atoms with Crippen molar-refractivity contribution in [3.63, 3.8) is 0 Å². The third-order valence-corrected chi connectivity index (χ3v) is 3.17. The molecule has 7 heteroatoms. The van der Waals surface area contributed by atoms with Gasteiger partial charge in [-0.25, -0.2) is 14.8 Å².